The van der Waals surface area contributed by atoms with E-state index in [0.29, 0.717) is 19.4 Å². The number of hydrogen-bond donors (Lipinski definition) is 1. The maximum Gasteiger partial charge on any atom is 0.249 e. The maximum absolute atomic E-state index is 12.9. The summed E-state index contributed by atoms with van der Waals surface area (Å²) in [5.74, 6) is 0.0961. The second kappa shape index (κ2) is 5.58. The van der Waals surface area contributed by atoms with E-state index in [1.54, 1.807) is 0 Å². The van der Waals surface area contributed by atoms with Gasteiger partial charge in [-0.3, -0.25) is 9.59 Å². The molecule has 0 aromatic heterocycles. The van der Waals surface area contributed by atoms with E-state index in [4.69, 9.17) is 0 Å². The molecule has 1 aliphatic heterocycles. The van der Waals surface area contributed by atoms with Crippen molar-refractivity contribution >= 4 is 23.6 Å². The largest absolute Gasteiger partial charge is 0.340 e. The van der Waals surface area contributed by atoms with Gasteiger partial charge in [-0.2, -0.15) is 11.8 Å². The molecule has 1 heterocycles. The van der Waals surface area contributed by atoms with Crippen LogP contribution in [-0.4, -0.2) is 45.8 Å². The zero-order chi connectivity index (χ0) is 15.0. The topological polar surface area (TPSA) is 49.4 Å². The molecule has 2 fully saturated rings. The fourth-order valence-corrected chi connectivity index (χ4v) is 4.20. The minimum absolute atomic E-state index is 0.0103. The molecule has 1 unspecified atom stereocenters. The van der Waals surface area contributed by atoms with E-state index < -0.39 is 5.54 Å². The van der Waals surface area contributed by atoms with Crippen LogP contribution in [0.4, 0.5) is 0 Å². The third kappa shape index (κ3) is 2.34. The molecule has 4 nitrogen and oxygen atoms in total. The van der Waals surface area contributed by atoms with E-state index in [2.05, 4.69) is 11.6 Å². The van der Waals surface area contributed by atoms with Crippen molar-refractivity contribution in [1.29, 1.82) is 0 Å². The van der Waals surface area contributed by atoms with Gasteiger partial charge in [-0.05, 0) is 38.9 Å². The van der Waals surface area contributed by atoms with Crippen LogP contribution >= 0.6 is 11.8 Å². The van der Waals surface area contributed by atoms with E-state index in [0.717, 1.165) is 12.8 Å². The Balaban J connectivity index is 2.24. The van der Waals surface area contributed by atoms with Gasteiger partial charge >= 0.3 is 0 Å². The lowest BCUT2D eigenvalue weighted by Gasteiger charge is -2.50. The Morgan fingerprint density at radius 1 is 1.30 bits per heavy atom. The summed E-state index contributed by atoms with van der Waals surface area (Å²) in [6.45, 7) is 6.51. The van der Waals surface area contributed by atoms with Gasteiger partial charge in [-0.25, -0.2) is 0 Å². The zero-order valence-electron chi connectivity index (χ0n) is 13.0. The number of carbonyl (C=O) groups is 2. The van der Waals surface area contributed by atoms with Gasteiger partial charge in [0.05, 0.1) is 0 Å². The number of nitrogens with one attached hydrogen (secondary N) is 1. The molecule has 2 aliphatic rings. The number of amides is 2. The molecule has 1 N–H and O–H groups in total. The fourth-order valence-electron chi connectivity index (χ4n) is 3.23. The lowest BCUT2D eigenvalue weighted by Crippen LogP contribution is -2.71. The highest BCUT2D eigenvalue weighted by atomic mass is 32.2. The first-order valence-electron chi connectivity index (χ1n) is 7.62. The summed E-state index contributed by atoms with van der Waals surface area (Å²) in [5.41, 5.74) is -0.688. The van der Waals surface area contributed by atoms with Crippen molar-refractivity contribution in [3.63, 3.8) is 0 Å². The van der Waals surface area contributed by atoms with Gasteiger partial charge in [0.2, 0.25) is 11.8 Å². The molecule has 114 valence electrons. The van der Waals surface area contributed by atoms with E-state index >= 15 is 0 Å². The average molecular weight is 298 g/mol. The van der Waals surface area contributed by atoms with Crippen LogP contribution in [0.15, 0.2) is 0 Å². The molecule has 5 heteroatoms. The summed E-state index contributed by atoms with van der Waals surface area (Å²) < 4.78 is 0.175. The molecule has 1 saturated carbocycles. The summed E-state index contributed by atoms with van der Waals surface area (Å²) in [6.07, 6.45) is 6.96. The molecule has 0 spiro atoms. The van der Waals surface area contributed by atoms with Crippen LogP contribution in [-0.2, 0) is 9.59 Å². The number of nitrogens with zero attached hydrogens (tertiary/aromatic N) is 1. The standard InChI is InChI=1S/C15H26N2O2S/c1-5-15(6-2)13(19)17(11(3)12(18)16-15)10-14(20-4)8-7-9-14/h11H,5-10H2,1-4H3,(H,16,18). The number of rotatable bonds is 5. The molecule has 0 aromatic carbocycles. The summed E-state index contributed by atoms with van der Waals surface area (Å²) >= 11 is 1.85. The quantitative estimate of drug-likeness (QED) is 0.846. The number of thioether (sulfide) groups is 1. The van der Waals surface area contributed by atoms with E-state index in [-0.39, 0.29) is 22.6 Å². The monoisotopic (exact) mass is 298 g/mol. The minimum atomic E-state index is -0.688. The smallest absolute Gasteiger partial charge is 0.249 e. The van der Waals surface area contributed by atoms with Crippen LogP contribution in [0, 0.1) is 0 Å². The third-order valence-corrected chi connectivity index (χ3v) is 6.65. The molecule has 2 amide bonds. The summed E-state index contributed by atoms with van der Waals surface area (Å²) in [7, 11) is 0. The predicted molar refractivity (Wildman–Crippen MR) is 82.7 cm³/mol. The van der Waals surface area contributed by atoms with Gasteiger partial charge in [0.1, 0.15) is 11.6 Å². The van der Waals surface area contributed by atoms with Gasteiger partial charge in [0.15, 0.2) is 0 Å². The van der Waals surface area contributed by atoms with Gasteiger partial charge in [-0.1, -0.05) is 20.3 Å². The van der Waals surface area contributed by atoms with Crippen molar-refractivity contribution < 1.29 is 9.59 Å². The van der Waals surface area contributed by atoms with Crippen LogP contribution in [0.5, 0.6) is 0 Å². The first-order chi connectivity index (χ1) is 9.43. The molecular formula is C15H26N2O2S. The van der Waals surface area contributed by atoms with Crippen LogP contribution < -0.4 is 5.32 Å². The van der Waals surface area contributed by atoms with Crippen molar-refractivity contribution in [3.8, 4) is 0 Å². The molecular weight excluding hydrogens is 272 g/mol. The summed E-state index contributed by atoms with van der Waals surface area (Å²) in [5, 5.41) is 2.96. The predicted octanol–water partition coefficient (Wildman–Crippen LogP) is 2.18. The Bertz CT molecular complexity index is 397. The zero-order valence-corrected chi connectivity index (χ0v) is 13.8. The number of piperazine rings is 1. The van der Waals surface area contributed by atoms with Gasteiger partial charge < -0.3 is 10.2 Å². The van der Waals surface area contributed by atoms with Gasteiger partial charge in [-0.15, -0.1) is 0 Å². The normalized spacial score (nSPS) is 28.0. The Morgan fingerprint density at radius 3 is 2.30 bits per heavy atom. The van der Waals surface area contributed by atoms with Gasteiger partial charge in [0.25, 0.3) is 0 Å². The Hall–Kier alpha value is -0.710. The van der Waals surface area contributed by atoms with E-state index in [1.807, 2.05) is 37.4 Å². The Labute approximate surface area is 126 Å². The molecule has 0 radical (unpaired) electrons. The van der Waals surface area contributed by atoms with Crippen molar-refractivity contribution in [2.24, 2.45) is 0 Å². The van der Waals surface area contributed by atoms with Crippen LogP contribution in [0.25, 0.3) is 0 Å². The molecule has 1 saturated heterocycles. The molecule has 2 rings (SSSR count). The SMILES string of the molecule is CCC1(CC)NC(=O)C(C)N(CC2(SC)CCC2)C1=O. The van der Waals surface area contributed by atoms with Crippen LogP contribution in [0.3, 0.4) is 0 Å². The average Bonchev–Trinajstić information content (AvgIpc) is 2.42. The molecule has 1 atom stereocenters. The molecule has 0 aromatic rings. The first-order valence-corrected chi connectivity index (χ1v) is 8.84. The van der Waals surface area contributed by atoms with E-state index in [9.17, 15) is 9.59 Å². The third-order valence-electron chi connectivity index (χ3n) is 5.24. The first kappa shape index (κ1) is 15.7. The second-order valence-electron chi connectivity index (χ2n) is 6.13. The van der Waals surface area contributed by atoms with Gasteiger partial charge in [0, 0.05) is 11.3 Å². The van der Waals surface area contributed by atoms with Crippen LogP contribution in [0.2, 0.25) is 0 Å². The van der Waals surface area contributed by atoms with Crippen molar-refractivity contribution in [2.75, 3.05) is 12.8 Å². The fraction of sp³-hybridized carbons (Fsp3) is 0.867. The van der Waals surface area contributed by atoms with E-state index in [1.165, 1.54) is 6.42 Å². The summed E-state index contributed by atoms with van der Waals surface area (Å²) in [4.78, 5) is 27.0. The summed E-state index contributed by atoms with van der Waals surface area (Å²) in [6, 6.07) is -0.349. The highest BCUT2D eigenvalue weighted by Crippen LogP contribution is 2.44. The van der Waals surface area contributed by atoms with Crippen molar-refractivity contribution in [3.05, 3.63) is 0 Å². The lowest BCUT2D eigenvalue weighted by atomic mass is 9.81. The molecule has 20 heavy (non-hydrogen) atoms. The highest BCUT2D eigenvalue weighted by molar-refractivity contribution is 8.00. The highest BCUT2D eigenvalue weighted by Gasteiger charge is 2.50. The minimum Gasteiger partial charge on any atom is -0.340 e. The lowest BCUT2D eigenvalue weighted by molar-refractivity contribution is -0.155. The Kier molecular flexibility index (Phi) is 4.38. The van der Waals surface area contributed by atoms with Crippen molar-refractivity contribution in [1.82, 2.24) is 10.2 Å². The van der Waals surface area contributed by atoms with Crippen molar-refractivity contribution in [2.45, 2.75) is 69.2 Å². The number of carbonyl (C=O) groups excluding carboxylic acids is 2. The molecule has 0 bridgehead atoms. The molecule has 1 aliphatic carbocycles. The maximum atomic E-state index is 12.9. The van der Waals surface area contributed by atoms with Crippen LogP contribution in [0.1, 0.15) is 52.9 Å². The second-order valence-corrected chi connectivity index (χ2v) is 7.40. The Morgan fingerprint density at radius 2 is 1.90 bits per heavy atom. The number of hydrogen-bond acceptors (Lipinski definition) is 3.